The van der Waals surface area contributed by atoms with Crippen molar-refractivity contribution in [3.05, 3.63) is 69.7 Å². The van der Waals surface area contributed by atoms with E-state index in [1.165, 1.54) is 30.3 Å². The Morgan fingerprint density at radius 2 is 1.86 bits per heavy atom. The molecule has 2 heterocycles. The second kappa shape index (κ2) is 8.82. The number of alkyl halides is 2. The Labute approximate surface area is 208 Å². The summed E-state index contributed by atoms with van der Waals surface area (Å²) < 4.78 is 29.2. The predicted molar refractivity (Wildman–Crippen MR) is 124 cm³/mol. The van der Waals surface area contributed by atoms with Crippen LogP contribution in [0.15, 0.2) is 42.5 Å². The van der Waals surface area contributed by atoms with Gasteiger partial charge in [-0.1, -0.05) is 35.9 Å². The Morgan fingerprint density at radius 3 is 2.49 bits per heavy atom. The van der Waals surface area contributed by atoms with Crippen molar-refractivity contribution < 1.29 is 28.0 Å². The fraction of sp³-hybridized carbons (Fsp3) is 0.273. The van der Waals surface area contributed by atoms with Crippen molar-refractivity contribution in [3.8, 4) is 0 Å². The molecular weight excluding hydrogens is 476 g/mol. The van der Waals surface area contributed by atoms with Gasteiger partial charge in [-0.2, -0.15) is 8.78 Å². The maximum atomic E-state index is 14.6. The van der Waals surface area contributed by atoms with Crippen LogP contribution in [0.4, 0.5) is 8.78 Å². The topological polar surface area (TPSA) is 95.6 Å². The number of carbonyl (C=O) groups is 4. The van der Waals surface area contributed by atoms with Gasteiger partial charge in [-0.05, 0) is 35.1 Å². The van der Waals surface area contributed by atoms with Crippen molar-refractivity contribution in [3.63, 3.8) is 0 Å². The van der Waals surface area contributed by atoms with Crippen LogP contribution in [0, 0.1) is 0 Å². The Balaban J connectivity index is 1.53. The van der Waals surface area contributed by atoms with Gasteiger partial charge in [0, 0.05) is 35.1 Å². The molecule has 0 saturated carbocycles. The summed E-state index contributed by atoms with van der Waals surface area (Å²) in [5.41, 5.74) is -1.71. The molecule has 13 heteroatoms. The highest BCUT2D eigenvalue weighted by Gasteiger charge is 2.51. The molecule has 0 spiro atoms. The van der Waals surface area contributed by atoms with E-state index in [2.05, 4.69) is 10.6 Å². The zero-order valence-electron chi connectivity index (χ0n) is 18.1. The molecule has 172 valence electrons. The van der Waals surface area contributed by atoms with Crippen LogP contribution in [0.5, 0.6) is 0 Å². The van der Waals surface area contributed by atoms with Gasteiger partial charge in [0.15, 0.2) is 0 Å². The summed E-state index contributed by atoms with van der Waals surface area (Å²) in [6.45, 7) is -0.143. The number of hydrogen-bond acceptors (Lipinski definition) is 4. The van der Waals surface area contributed by atoms with Gasteiger partial charge in [-0.3, -0.25) is 24.5 Å². The minimum Gasteiger partial charge on any atom is -0.352 e. The number of rotatable bonds is 5. The summed E-state index contributed by atoms with van der Waals surface area (Å²) in [7, 11) is 18.1. The lowest BCUT2D eigenvalue weighted by molar-refractivity contribution is -0.147. The van der Waals surface area contributed by atoms with Crippen LogP contribution in [0.3, 0.4) is 0 Å². The second-order valence-electron chi connectivity index (χ2n) is 8.35. The van der Waals surface area contributed by atoms with Crippen LogP contribution < -0.4 is 10.6 Å². The van der Waals surface area contributed by atoms with E-state index in [9.17, 15) is 28.0 Å². The summed E-state index contributed by atoms with van der Waals surface area (Å²) in [4.78, 5) is 50.4. The second-order valence-corrected chi connectivity index (χ2v) is 8.79. The predicted octanol–water partition coefficient (Wildman–Crippen LogP) is 1.24. The number of nitrogens with one attached hydrogen (secondary N) is 2. The van der Waals surface area contributed by atoms with E-state index in [1.54, 1.807) is 0 Å². The van der Waals surface area contributed by atoms with E-state index >= 15 is 0 Å². The third-order valence-electron chi connectivity index (χ3n) is 6.10. The van der Waals surface area contributed by atoms with Crippen molar-refractivity contribution in [1.29, 1.82) is 0 Å². The molecule has 3 atom stereocenters. The highest BCUT2D eigenvalue weighted by atomic mass is 35.5. The fourth-order valence-electron chi connectivity index (χ4n) is 4.06. The van der Waals surface area contributed by atoms with Gasteiger partial charge in [0.1, 0.15) is 15.7 Å². The minimum atomic E-state index is -3.88. The lowest BCUT2D eigenvalue weighted by atomic mass is 9.56. The quantitative estimate of drug-likeness (QED) is 0.486. The Hall–Kier alpha value is -3.14. The fourth-order valence-corrected chi connectivity index (χ4v) is 4.19. The molecule has 2 N–H and O–H groups in total. The number of imide groups is 1. The molecule has 6 radical (unpaired) electrons. The van der Waals surface area contributed by atoms with Gasteiger partial charge in [0.2, 0.25) is 11.8 Å². The van der Waals surface area contributed by atoms with Gasteiger partial charge in [0.05, 0.1) is 13.3 Å². The Morgan fingerprint density at radius 1 is 1.20 bits per heavy atom. The first-order valence-corrected chi connectivity index (χ1v) is 10.8. The maximum absolute atomic E-state index is 14.6. The third-order valence-corrected chi connectivity index (χ3v) is 6.36. The first kappa shape index (κ1) is 25.0. The molecule has 2 aliphatic heterocycles. The van der Waals surface area contributed by atoms with Crippen molar-refractivity contribution in [2.24, 2.45) is 0 Å². The molecule has 2 aromatic carbocycles. The van der Waals surface area contributed by atoms with E-state index < -0.39 is 52.3 Å². The standard InChI is InChI=1S/C22H15B3ClF2N3O4/c23-15-8-16(32)29-19(34)21(15,25)31-9-11-7-10(1-6-14(11)18(31)33)17(24)30-20(35)22(27,28)12-2-4-13(26)5-3-12/h1-7,15,17H,8-9H2,(H,30,35)(H,29,32,34)/t15?,17?,21-/m1/s1. The number of halogens is 3. The van der Waals surface area contributed by atoms with Crippen molar-refractivity contribution in [1.82, 2.24) is 15.5 Å². The first-order chi connectivity index (χ1) is 16.4. The van der Waals surface area contributed by atoms with Crippen LogP contribution in [0.1, 0.15) is 39.4 Å². The Kier molecular flexibility index (Phi) is 6.29. The van der Waals surface area contributed by atoms with Crippen molar-refractivity contribution in [2.75, 3.05) is 0 Å². The van der Waals surface area contributed by atoms with Crippen LogP contribution in [0.25, 0.3) is 0 Å². The molecule has 2 aromatic rings. The average molecular weight is 491 g/mol. The highest BCUT2D eigenvalue weighted by Crippen LogP contribution is 2.38. The smallest absolute Gasteiger partial charge is 0.349 e. The molecule has 0 aromatic heterocycles. The lowest BCUT2D eigenvalue weighted by Gasteiger charge is -2.45. The average Bonchev–Trinajstić information content (AvgIpc) is 3.13. The van der Waals surface area contributed by atoms with E-state index in [4.69, 9.17) is 35.1 Å². The van der Waals surface area contributed by atoms with Gasteiger partial charge < -0.3 is 10.2 Å². The van der Waals surface area contributed by atoms with E-state index in [0.29, 0.717) is 5.56 Å². The zero-order chi connectivity index (χ0) is 25.7. The van der Waals surface area contributed by atoms with Gasteiger partial charge in [-0.15, -0.1) is 0 Å². The molecule has 0 bridgehead atoms. The summed E-state index contributed by atoms with van der Waals surface area (Å²) in [5, 5.41) is 4.38. The molecule has 1 saturated heterocycles. The lowest BCUT2D eigenvalue weighted by Crippen LogP contribution is -2.66. The first-order valence-electron chi connectivity index (χ1n) is 10.4. The number of piperidine rings is 1. The maximum Gasteiger partial charge on any atom is 0.349 e. The van der Waals surface area contributed by atoms with E-state index in [-0.39, 0.29) is 29.1 Å². The largest absolute Gasteiger partial charge is 0.352 e. The van der Waals surface area contributed by atoms with Gasteiger partial charge >= 0.3 is 5.92 Å². The van der Waals surface area contributed by atoms with Crippen LogP contribution in [-0.2, 0) is 26.9 Å². The number of hydrogen-bond donors (Lipinski definition) is 2. The van der Waals surface area contributed by atoms with Crippen molar-refractivity contribution in [2.45, 2.75) is 36.1 Å². The third kappa shape index (κ3) is 4.24. The number of fused-ring (bicyclic) bond motifs is 1. The molecule has 7 nitrogen and oxygen atoms in total. The highest BCUT2D eigenvalue weighted by molar-refractivity contribution is 6.38. The molecule has 35 heavy (non-hydrogen) atoms. The minimum absolute atomic E-state index is 0.143. The Bertz CT molecular complexity index is 1250. The molecule has 1 fully saturated rings. The van der Waals surface area contributed by atoms with E-state index in [1.807, 2.05) is 0 Å². The molecule has 4 amide bonds. The van der Waals surface area contributed by atoms with Crippen LogP contribution in [0.2, 0.25) is 10.8 Å². The van der Waals surface area contributed by atoms with Gasteiger partial charge in [0.25, 0.3) is 11.8 Å². The number of amides is 4. The monoisotopic (exact) mass is 491 g/mol. The summed E-state index contributed by atoms with van der Waals surface area (Å²) in [5.74, 6) is -10.1. The molecular formula is C22H15B3ClF2N3O4. The summed E-state index contributed by atoms with van der Waals surface area (Å²) in [6.07, 6.45) is -0.258. The van der Waals surface area contributed by atoms with Gasteiger partial charge in [-0.25, -0.2) is 0 Å². The molecule has 4 rings (SSSR count). The number of carbonyl (C=O) groups excluding carboxylic acids is 4. The summed E-state index contributed by atoms with van der Waals surface area (Å²) >= 11 is 5.71. The SMILES string of the molecule is [B]C(NC(=O)C(F)(F)c1ccc(Cl)cc1)c1ccc2c(c1)CN([C@@]1([B])C(=O)NC(=O)CC1[B])C2=O. The zero-order valence-corrected chi connectivity index (χ0v) is 18.8. The molecule has 2 aliphatic rings. The number of nitrogens with zero attached hydrogens (tertiary/aromatic N) is 1. The molecule has 2 unspecified atom stereocenters. The van der Waals surface area contributed by atoms with Crippen LogP contribution >= 0.6 is 11.6 Å². The van der Waals surface area contributed by atoms with Crippen LogP contribution in [-0.4, -0.2) is 57.5 Å². The summed E-state index contributed by atoms with van der Waals surface area (Å²) in [6, 6.07) is 8.76. The van der Waals surface area contributed by atoms with E-state index in [0.717, 1.165) is 17.0 Å². The molecule has 0 aliphatic carbocycles. The van der Waals surface area contributed by atoms with Crippen molar-refractivity contribution >= 4 is 58.8 Å². The number of benzene rings is 2. The normalized spacial score (nSPS) is 23.0.